The van der Waals surface area contributed by atoms with Crippen LogP contribution in [0.2, 0.25) is 0 Å². The summed E-state index contributed by atoms with van der Waals surface area (Å²) in [6.45, 7) is 2.29. The van der Waals surface area contributed by atoms with Crippen LogP contribution in [0.3, 0.4) is 0 Å². The van der Waals surface area contributed by atoms with Crippen LogP contribution in [0.5, 0.6) is 0 Å². The highest BCUT2D eigenvalue weighted by atomic mass is 32.2. The van der Waals surface area contributed by atoms with E-state index < -0.39 is 0 Å². The van der Waals surface area contributed by atoms with Crippen LogP contribution in [0.4, 0.5) is 0 Å². The minimum atomic E-state index is 0.730. The topological polar surface area (TPSA) is 23.8 Å². The van der Waals surface area contributed by atoms with Crippen molar-refractivity contribution in [3.05, 3.63) is 65.2 Å². The fourth-order valence-electron chi connectivity index (χ4n) is 4.15. The molecule has 27 heavy (non-hydrogen) atoms. The normalized spacial score (nSPS) is 19.6. The van der Waals surface area contributed by atoms with Gasteiger partial charge in [0.1, 0.15) is 0 Å². The molecule has 1 saturated carbocycles. The Morgan fingerprint density at radius 1 is 0.926 bits per heavy atom. The van der Waals surface area contributed by atoms with Gasteiger partial charge in [-0.25, -0.2) is 0 Å². The maximum Gasteiger partial charge on any atom is 0.0991 e. The van der Waals surface area contributed by atoms with Gasteiger partial charge in [0.05, 0.1) is 11.6 Å². The molecule has 0 aromatic heterocycles. The summed E-state index contributed by atoms with van der Waals surface area (Å²) in [5, 5.41) is 8.88. The predicted octanol–water partition coefficient (Wildman–Crippen LogP) is 7.70. The second-order valence-corrected chi connectivity index (χ2v) is 8.93. The lowest BCUT2D eigenvalue weighted by molar-refractivity contribution is 0.303. The Bertz CT molecular complexity index is 718. The first-order valence-electron chi connectivity index (χ1n) is 10.5. The third kappa shape index (κ3) is 6.15. The van der Waals surface area contributed by atoms with Crippen LogP contribution >= 0.6 is 11.8 Å². The summed E-state index contributed by atoms with van der Waals surface area (Å²) in [6, 6.07) is 19.4. The molecule has 0 bridgehead atoms. The molecule has 1 fully saturated rings. The molecule has 1 aliphatic carbocycles. The predicted molar refractivity (Wildman–Crippen MR) is 116 cm³/mol. The number of rotatable bonds is 8. The summed E-state index contributed by atoms with van der Waals surface area (Å²) in [4.78, 5) is 1.33. The Kier molecular flexibility index (Phi) is 7.84. The van der Waals surface area contributed by atoms with E-state index in [1.165, 1.54) is 67.4 Å². The highest BCUT2D eigenvalue weighted by Crippen LogP contribution is 2.38. The molecule has 2 aromatic rings. The second kappa shape index (κ2) is 10.6. The molecule has 3 rings (SSSR count). The maximum atomic E-state index is 8.88. The molecule has 0 saturated heterocycles. The van der Waals surface area contributed by atoms with E-state index in [0.717, 1.165) is 23.2 Å². The van der Waals surface area contributed by atoms with E-state index in [4.69, 9.17) is 5.26 Å². The number of unbranched alkanes of at least 4 members (excludes halogenated alkanes) is 2. The van der Waals surface area contributed by atoms with Crippen LogP contribution in [0.15, 0.2) is 53.4 Å². The number of hydrogen-bond donors (Lipinski definition) is 0. The van der Waals surface area contributed by atoms with Crippen LogP contribution in [0, 0.1) is 17.2 Å². The number of benzene rings is 2. The van der Waals surface area contributed by atoms with Crippen molar-refractivity contribution in [3.8, 4) is 6.07 Å². The first-order chi connectivity index (χ1) is 13.3. The Balaban J connectivity index is 1.45. The summed E-state index contributed by atoms with van der Waals surface area (Å²) in [5.41, 5.74) is 3.53. The Labute approximate surface area is 169 Å². The molecule has 0 heterocycles. The highest BCUT2D eigenvalue weighted by molar-refractivity contribution is 7.98. The van der Waals surface area contributed by atoms with Crippen LogP contribution in [0.1, 0.15) is 80.9 Å². The van der Waals surface area contributed by atoms with Crippen LogP contribution < -0.4 is 0 Å². The van der Waals surface area contributed by atoms with E-state index in [1.54, 1.807) is 0 Å². The van der Waals surface area contributed by atoms with E-state index in [1.807, 2.05) is 23.9 Å². The largest absolute Gasteiger partial charge is 0.192 e. The van der Waals surface area contributed by atoms with Gasteiger partial charge in [0, 0.05) is 10.6 Å². The molecule has 0 N–H and O–H groups in total. The molecule has 1 aliphatic rings. The molecule has 0 aliphatic heterocycles. The lowest BCUT2D eigenvalue weighted by Gasteiger charge is -2.29. The second-order valence-electron chi connectivity index (χ2n) is 7.88. The standard InChI is InChI=1S/C25H31NS/c1-2-3-4-5-20-10-12-23(13-11-20)24-14-16-25(17-15-24)27-19-22-8-6-21(18-26)7-9-22/h6-9,14-17,20,23H,2-5,10-13,19H2,1H3/t20-,23-. The molecule has 0 spiro atoms. The molecular formula is C25H31NS. The molecule has 2 heteroatoms. The van der Waals surface area contributed by atoms with Crippen molar-refractivity contribution < 1.29 is 0 Å². The van der Waals surface area contributed by atoms with Gasteiger partial charge in [-0.15, -0.1) is 11.8 Å². The maximum absolute atomic E-state index is 8.88. The zero-order chi connectivity index (χ0) is 18.9. The van der Waals surface area contributed by atoms with Crippen LogP contribution in [-0.2, 0) is 5.75 Å². The number of hydrogen-bond acceptors (Lipinski definition) is 2. The lowest BCUT2D eigenvalue weighted by atomic mass is 9.77. The summed E-state index contributed by atoms with van der Waals surface area (Å²) < 4.78 is 0. The van der Waals surface area contributed by atoms with Gasteiger partial charge in [0.25, 0.3) is 0 Å². The number of thioether (sulfide) groups is 1. The van der Waals surface area contributed by atoms with Crippen molar-refractivity contribution in [2.45, 2.75) is 74.9 Å². The summed E-state index contributed by atoms with van der Waals surface area (Å²) in [6.07, 6.45) is 11.2. The van der Waals surface area contributed by atoms with Gasteiger partial charge in [0.2, 0.25) is 0 Å². The van der Waals surface area contributed by atoms with Gasteiger partial charge < -0.3 is 0 Å². The van der Waals surface area contributed by atoms with Crippen LogP contribution in [0.25, 0.3) is 0 Å². The SMILES string of the molecule is CCCCC[C@H]1CC[C@H](c2ccc(SCc3ccc(C#N)cc3)cc2)CC1. The summed E-state index contributed by atoms with van der Waals surface area (Å²) >= 11 is 1.87. The summed E-state index contributed by atoms with van der Waals surface area (Å²) in [5.74, 6) is 2.70. The average Bonchev–Trinajstić information content (AvgIpc) is 2.74. The van der Waals surface area contributed by atoms with Gasteiger partial charge in [-0.3, -0.25) is 0 Å². The Morgan fingerprint density at radius 3 is 2.26 bits per heavy atom. The van der Waals surface area contributed by atoms with Crippen molar-refractivity contribution in [1.29, 1.82) is 5.26 Å². The fraction of sp³-hybridized carbons (Fsp3) is 0.480. The number of nitriles is 1. The van der Waals surface area contributed by atoms with Gasteiger partial charge >= 0.3 is 0 Å². The van der Waals surface area contributed by atoms with Crippen LogP contribution in [-0.4, -0.2) is 0 Å². The van der Waals surface area contributed by atoms with Crippen molar-refractivity contribution in [2.24, 2.45) is 5.92 Å². The van der Waals surface area contributed by atoms with Crippen molar-refractivity contribution >= 4 is 11.8 Å². The van der Waals surface area contributed by atoms with Gasteiger partial charge in [-0.05, 0) is 72.9 Å². The Hall–Kier alpha value is -1.72. The van der Waals surface area contributed by atoms with E-state index >= 15 is 0 Å². The summed E-state index contributed by atoms with van der Waals surface area (Å²) in [7, 11) is 0. The first-order valence-corrected chi connectivity index (χ1v) is 11.5. The minimum absolute atomic E-state index is 0.730. The lowest BCUT2D eigenvalue weighted by Crippen LogP contribution is -2.13. The van der Waals surface area contributed by atoms with E-state index in [0.29, 0.717) is 0 Å². The molecule has 2 aromatic carbocycles. The average molecular weight is 378 g/mol. The number of nitrogens with zero attached hydrogens (tertiary/aromatic N) is 1. The molecule has 1 nitrogen and oxygen atoms in total. The molecule has 0 radical (unpaired) electrons. The van der Waals surface area contributed by atoms with Gasteiger partial charge in [-0.2, -0.15) is 5.26 Å². The fourth-order valence-corrected chi connectivity index (χ4v) is 5.00. The van der Waals surface area contributed by atoms with Crippen molar-refractivity contribution in [3.63, 3.8) is 0 Å². The van der Waals surface area contributed by atoms with Crippen molar-refractivity contribution in [2.75, 3.05) is 0 Å². The molecular weight excluding hydrogens is 346 g/mol. The molecule has 0 amide bonds. The molecule has 0 unspecified atom stereocenters. The van der Waals surface area contributed by atoms with E-state index in [2.05, 4.69) is 49.4 Å². The molecule has 142 valence electrons. The third-order valence-corrected chi connectivity index (χ3v) is 6.99. The third-order valence-electron chi connectivity index (χ3n) is 5.90. The minimum Gasteiger partial charge on any atom is -0.192 e. The zero-order valence-electron chi connectivity index (χ0n) is 16.5. The van der Waals surface area contributed by atoms with Gasteiger partial charge in [0.15, 0.2) is 0 Å². The van der Waals surface area contributed by atoms with Crippen molar-refractivity contribution in [1.82, 2.24) is 0 Å². The monoisotopic (exact) mass is 377 g/mol. The quantitative estimate of drug-likeness (QED) is 0.347. The first kappa shape index (κ1) is 20.0. The van der Waals surface area contributed by atoms with E-state index in [9.17, 15) is 0 Å². The highest BCUT2D eigenvalue weighted by Gasteiger charge is 2.21. The molecule has 0 atom stereocenters. The van der Waals surface area contributed by atoms with Gasteiger partial charge in [-0.1, -0.05) is 56.9 Å². The zero-order valence-corrected chi connectivity index (χ0v) is 17.3. The Morgan fingerprint density at radius 2 is 1.63 bits per heavy atom. The smallest absolute Gasteiger partial charge is 0.0991 e. The van der Waals surface area contributed by atoms with E-state index in [-0.39, 0.29) is 0 Å².